The summed E-state index contributed by atoms with van der Waals surface area (Å²) in [4.78, 5) is 19.7. The molecule has 7 nitrogen and oxygen atoms in total. The van der Waals surface area contributed by atoms with E-state index in [1.165, 1.54) is 5.56 Å². The van der Waals surface area contributed by atoms with Crippen LogP contribution in [0.2, 0.25) is 5.02 Å². The number of hydrogen-bond donors (Lipinski definition) is 1. The van der Waals surface area contributed by atoms with E-state index in [4.69, 9.17) is 26.1 Å². The predicted molar refractivity (Wildman–Crippen MR) is 166 cm³/mol. The molecule has 1 aromatic heterocycles. The summed E-state index contributed by atoms with van der Waals surface area (Å²) in [5.41, 5.74) is 5.34. The van der Waals surface area contributed by atoms with Crippen molar-refractivity contribution in [2.24, 2.45) is 0 Å². The maximum absolute atomic E-state index is 10.7. The number of halogens is 1. The van der Waals surface area contributed by atoms with Crippen LogP contribution >= 0.6 is 11.6 Å². The summed E-state index contributed by atoms with van der Waals surface area (Å²) in [6, 6.07) is 18.7. The second-order valence-electron chi connectivity index (χ2n) is 11.6. The Balaban J connectivity index is 1.29. The first-order valence-electron chi connectivity index (χ1n) is 14.8. The van der Waals surface area contributed by atoms with E-state index in [1.807, 2.05) is 50.4 Å². The summed E-state index contributed by atoms with van der Waals surface area (Å²) in [7, 11) is 1.55. The van der Waals surface area contributed by atoms with Crippen molar-refractivity contribution in [1.82, 2.24) is 14.8 Å². The number of benzene rings is 2. The average molecular weight is 592 g/mol. The van der Waals surface area contributed by atoms with Crippen molar-refractivity contribution in [3.8, 4) is 5.75 Å². The van der Waals surface area contributed by atoms with Gasteiger partial charge in [0.1, 0.15) is 12.4 Å². The lowest BCUT2D eigenvalue weighted by atomic mass is 9.90. The largest absolute Gasteiger partial charge is 0.487 e. The summed E-state index contributed by atoms with van der Waals surface area (Å²) >= 11 is 6.13. The average Bonchev–Trinajstić information content (AvgIpc) is 3.39. The topological polar surface area (TPSA) is 67.3 Å². The van der Waals surface area contributed by atoms with Crippen LogP contribution in [0.25, 0.3) is 5.57 Å². The molecule has 8 heteroatoms. The van der Waals surface area contributed by atoms with Crippen LogP contribution in [-0.2, 0) is 28.5 Å². The van der Waals surface area contributed by atoms with Gasteiger partial charge in [0.2, 0.25) is 0 Å². The first kappa shape index (κ1) is 30.7. The molecule has 0 aliphatic carbocycles. The van der Waals surface area contributed by atoms with Gasteiger partial charge in [-0.05, 0) is 86.7 Å². The van der Waals surface area contributed by atoms with E-state index in [1.54, 1.807) is 7.11 Å². The van der Waals surface area contributed by atoms with E-state index >= 15 is 0 Å². The van der Waals surface area contributed by atoms with E-state index in [9.17, 15) is 5.11 Å². The molecule has 2 aromatic carbocycles. The number of nitrogens with zero attached hydrogens (tertiary/aromatic N) is 3. The van der Waals surface area contributed by atoms with Crippen LogP contribution in [0.4, 0.5) is 0 Å². The van der Waals surface area contributed by atoms with Crippen LogP contribution < -0.4 is 4.74 Å². The van der Waals surface area contributed by atoms with Crippen molar-refractivity contribution < 1.29 is 19.6 Å². The lowest BCUT2D eigenvalue weighted by molar-refractivity contribution is -0.273. The van der Waals surface area contributed by atoms with Crippen molar-refractivity contribution in [2.75, 3.05) is 39.9 Å². The van der Waals surface area contributed by atoms with Crippen LogP contribution in [0.1, 0.15) is 61.1 Å². The monoisotopic (exact) mass is 591 g/mol. The third-order valence-electron chi connectivity index (χ3n) is 8.17. The molecule has 3 heterocycles. The van der Waals surface area contributed by atoms with Gasteiger partial charge in [0.25, 0.3) is 0 Å². The zero-order chi connectivity index (χ0) is 29.5. The molecule has 5 rings (SSSR count). The fourth-order valence-corrected chi connectivity index (χ4v) is 6.01. The van der Waals surface area contributed by atoms with Crippen molar-refractivity contribution in [1.29, 1.82) is 0 Å². The van der Waals surface area contributed by atoms with E-state index in [2.05, 4.69) is 45.1 Å². The number of likely N-dealkylation sites (tertiary alicyclic amines) is 1. The highest BCUT2D eigenvalue weighted by Crippen LogP contribution is 2.38. The maximum Gasteiger partial charge on any atom is 0.131 e. The molecule has 1 saturated heterocycles. The normalized spacial score (nSPS) is 18.1. The Morgan fingerprint density at radius 3 is 2.79 bits per heavy atom. The van der Waals surface area contributed by atoms with Crippen molar-refractivity contribution in [3.63, 3.8) is 0 Å². The molecule has 0 amide bonds. The zero-order valence-corrected chi connectivity index (χ0v) is 25.6. The molecular formula is C34H42ClN3O4. The van der Waals surface area contributed by atoms with Gasteiger partial charge in [-0.1, -0.05) is 41.9 Å². The molecule has 0 bridgehead atoms. The van der Waals surface area contributed by atoms with Gasteiger partial charge < -0.3 is 14.7 Å². The molecular weight excluding hydrogens is 550 g/mol. The highest BCUT2D eigenvalue weighted by atomic mass is 35.5. The Morgan fingerprint density at radius 2 is 2.00 bits per heavy atom. The SMILES string of the molecule is COOCCCN(Cc1ccc(Cl)cc1)[C@@H]1CCN(CC/C=C2/c3cc(C(C)(C)O)ccc3OCc3ncccc32)C1. The summed E-state index contributed by atoms with van der Waals surface area (Å²) in [6.07, 6.45) is 7.09. The van der Waals surface area contributed by atoms with Crippen LogP contribution in [0.3, 0.4) is 0 Å². The number of hydrogen-bond acceptors (Lipinski definition) is 7. The van der Waals surface area contributed by atoms with E-state index in [-0.39, 0.29) is 0 Å². The Kier molecular flexibility index (Phi) is 10.3. The van der Waals surface area contributed by atoms with Gasteiger partial charge in [0.05, 0.1) is 25.0 Å². The first-order valence-corrected chi connectivity index (χ1v) is 15.2. The molecule has 0 radical (unpaired) electrons. The van der Waals surface area contributed by atoms with Gasteiger partial charge in [0, 0.05) is 54.6 Å². The standard InChI is InChI=1S/C34H42ClN3O4/c1-34(2,39)26-11-14-33-31(21-26)29(30-7-4-16-36-32(30)24-41-33)8-5-17-37-19-15-28(23-37)38(18-6-20-42-40-3)22-25-9-12-27(35)13-10-25/h4,7-14,16,21,28,39H,5-6,15,17-20,22-24H2,1-3H3/b29-8+/t28-/m1/s1. The molecule has 0 spiro atoms. The van der Waals surface area contributed by atoms with Crippen molar-refractivity contribution >= 4 is 17.2 Å². The number of fused-ring (bicyclic) bond motifs is 2. The van der Waals surface area contributed by atoms with Crippen molar-refractivity contribution in [2.45, 2.75) is 57.9 Å². The lowest BCUT2D eigenvalue weighted by Gasteiger charge is -2.29. The molecule has 224 valence electrons. The molecule has 2 aliphatic heterocycles. The highest BCUT2D eigenvalue weighted by Gasteiger charge is 2.28. The van der Waals surface area contributed by atoms with Gasteiger partial charge in [-0.25, -0.2) is 9.78 Å². The zero-order valence-electron chi connectivity index (χ0n) is 24.9. The Labute approximate surface area is 254 Å². The van der Waals surface area contributed by atoms with Gasteiger partial charge in [0.15, 0.2) is 0 Å². The summed E-state index contributed by atoms with van der Waals surface area (Å²) in [5.74, 6) is 0.823. The number of aromatic nitrogens is 1. The van der Waals surface area contributed by atoms with Crippen LogP contribution in [0.5, 0.6) is 5.75 Å². The third-order valence-corrected chi connectivity index (χ3v) is 8.42. The number of pyridine rings is 1. The van der Waals surface area contributed by atoms with E-state index in [0.29, 0.717) is 19.3 Å². The second kappa shape index (κ2) is 14.1. The Hall–Kier alpha value is -2.78. The van der Waals surface area contributed by atoms with Gasteiger partial charge >= 0.3 is 0 Å². The number of aliphatic hydroxyl groups is 1. The number of rotatable bonds is 12. The fourth-order valence-electron chi connectivity index (χ4n) is 5.89. The maximum atomic E-state index is 10.7. The molecule has 0 unspecified atom stereocenters. The van der Waals surface area contributed by atoms with Gasteiger partial charge in [-0.2, -0.15) is 0 Å². The fraction of sp³-hybridized carbons (Fsp3) is 0.441. The molecule has 1 N–H and O–H groups in total. The van der Waals surface area contributed by atoms with Crippen LogP contribution in [-0.4, -0.2) is 65.8 Å². The van der Waals surface area contributed by atoms with Gasteiger partial charge in [-0.15, -0.1) is 0 Å². The Morgan fingerprint density at radius 1 is 1.17 bits per heavy atom. The van der Waals surface area contributed by atoms with E-state index in [0.717, 1.165) is 90.7 Å². The minimum absolute atomic E-state index is 0.426. The van der Waals surface area contributed by atoms with Gasteiger partial charge in [-0.3, -0.25) is 9.88 Å². The molecule has 1 fully saturated rings. The minimum Gasteiger partial charge on any atom is -0.487 e. The summed E-state index contributed by atoms with van der Waals surface area (Å²) in [6.45, 7) is 9.53. The highest BCUT2D eigenvalue weighted by molar-refractivity contribution is 6.30. The molecule has 0 saturated carbocycles. The minimum atomic E-state index is -0.942. The molecule has 1 atom stereocenters. The first-order chi connectivity index (χ1) is 20.3. The molecule has 2 aliphatic rings. The smallest absolute Gasteiger partial charge is 0.131 e. The predicted octanol–water partition coefficient (Wildman–Crippen LogP) is 6.22. The van der Waals surface area contributed by atoms with E-state index < -0.39 is 5.60 Å². The van der Waals surface area contributed by atoms with Crippen molar-refractivity contribution in [3.05, 3.63) is 99.8 Å². The summed E-state index contributed by atoms with van der Waals surface area (Å²) < 4.78 is 6.17. The Bertz CT molecular complexity index is 1360. The molecule has 42 heavy (non-hydrogen) atoms. The van der Waals surface area contributed by atoms with Crippen LogP contribution in [0.15, 0.2) is 66.9 Å². The quantitative estimate of drug-likeness (QED) is 0.152. The number of ether oxygens (including phenoxy) is 1. The third kappa shape index (κ3) is 7.78. The lowest BCUT2D eigenvalue weighted by Crippen LogP contribution is -2.38. The molecule has 3 aromatic rings. The summed E-state index contributed by atoms with van der Waals surface area (Å²) in [5, 5.41) is 11.5. The van der Waals surface area contributed by atoms with Crippen LogP contribution in [0, 0.1) is 0 Å². The second-order valence-corrected chi connectivity index (χ2v) is 12.1.